The molecular formula is C19H13N5O2. The number of H-pyrrole nitrogens is 1. The van der Waals surface area contributed by atoms with Crippen molar-refractivity contribution in [2.24, 2.45) is 0 Å². The van der Waals surface area contributed by atoms with Crippen LogP contribution < -0.4 is 10.2 Å². The first kappa shape index (κ1) is 14.6. The summed E-state index contributed by atoms with van der Waals surface area (Å²) in [6.45, 7) is 0. The summed E-state index contributed by atoms with van der Waals surface area (Å²) in [6, 6.07) is 16.9. The maximum Gasteiger partial charge on any atom is 0.241 e. The van der Waals surface area contributed by atoms with Crippen molar-refractivity contribution in [2.75, 3.05) is 10.2 Å². The zero-order chi connectivity index (χ0) is 17.7. The average molecular weight is 343 g/mol. The second-order valence-corrected chi connectivity index (χ2v) is 6.13. The van der Waals surface area contributed by atoms with Crippen LogP contribution >= 0.6 is 0 Å². The van der Waals surface area contributed by atoms with E-state index < -0.39 is 0 Å². The lowest BCUT2D eigenvalue weighted by Gasteiger charge is -2.23. The predicted molar refractivity (Wildman–Crippen MR) is 98.2 cm³/mol. The smallest absolute Gasteiger partial charge is 0.241 e. The summed E-state index contributed by atoms with van der Waals surface area (Å²) >= 11 is 0. The van der Waals surface area contributed by atoms with Crippen molar-refractivity contribution in [2.45, 2.75) is 6.42 Å². The Labute approximate surface area is 147 Å². The lowest BCUT2D eigenvalue weighted by atomic mass is 10.1. The van der Waals surface area contributed by atoms with Gasteiger partial charge in [-0.05, 0) is 29.7 Å². The summed E-state index contributed by atoms with van der Waals surface area (Å²) in [4.78, 5) is 26.6. The summed E-state index contributed by atoms with van der Waals surface area (Å²) in [7, 11) is 0. The van der Waals surface area contributed by atoms with E-state index in [4.69, 9.17) is 0 Å². The number of nitrogens with zero attached hydrogens (tertiary/aromatic N) is 3. The number of hydrogen-bond donors (Lipinski definition) is 2. The minimum atomic E-state index is -0.322. The number of anilines is 3. The van der Waals surface area contributed by atoms with Gasteiger partial charge in [-0.3, -0.25) is 14.5 Å². The molecule has 7 heteroatoms. The third kappa shape index (κ3) is 2.14. The molecule has 2 amide bonds. The highest BCUT2D eigenvalue weighted by Gasteiger charge is 2.28. The van der Waals surface area contributed by atoms with Crippen molar-refractivity contribution in [1.82, 2.24) is 15.4 Å². The topological polar surface area (TPSA) is 91.0 Å². The van der Waals surface area contributed by atoms with Gasteiger partial charge in [-0.25, -0.2) is 0 Å². The Balaban J connectivity index is 1.78. The van der Waals surface area contributed by atoms with Crippen molar-refractivity contribution in [3.8, 4) is 0 Å². The normalized spacial score (nSPS) is 14.4. The molecule has 0 bridgehead atoms. The molecule has 0 saturated carbocycles. The van der Waals surface area contributed by atoms with E-state index in [0.717, 1.165) is 10.8 Å². The fraction of sp³-hybridized carbons (Fsp3) is 0.0526. The van der Waals surface area contributed by atoms with Gasteiger partial charge >= 0.3 is 0 Å². The molecule has 3 aromatic carbocycles. The molecule has 0 radical (unpaired) electrons. The molecule has 1 aliphatic heterocycles. The maximum absolute atomic E-state index is 12.8. The van der Waals surface area contributed by atoms with Crippen LogP contribution in [0.1, 0.15) is 6.42 Å². The molecule has 1 aromatic heterocycles. The van der Waals surface area contributed by atoms with Crippen LogP contribution in [-0.4, -0.2) is 27.2 Å². The quantitative estimate of drug-likeness (QED) is 0.520. The summed E-state index contributed by atoms with van der Waals surface area (Å²) in [5.41, 5.74) is 3.29. The first-order chi connectivity index (χ1) is 12.7. The van der Waals surface area contributed by atoms with Crippen molar-refractivity contribution in [3.63, 3.8) is 0 Å². The summed E-state index contributed by atoms with van der Waals surface area (Å²) in [5, 5.41) is 15.5. The number of hydrogen-bond acceptors (Lipinski definition) is 4. The van der Waals surface area contributed by atoms with Gasteiger partial charge in [0.2, 0.25) is 11.8 Å². The Hall–Kier alpha value is -3.74. The van der Waals surface area contributed by atoms with E-state index in [1.807, 2.05) is 36.4 Å². The maximum atomic E-state index is 12.8. The molecule has 0 spiro atoms. The molecule has 2 heterocycles. The Bertz CT molecular complexity index is 1200. The molecule has 0 atom stereocenters. The van der Waals surface area contributed by atoms with Crippen molar-refractivity contribution in [3.05, 3.63) is 54.6 Å². The van der Waals surface area contributed by atoms with Gasteiger partial charge < -0.3 is 5.32 Å². The van der Waals surface area contributed by atoms with Gasteiger partial charge in [-0.15, -0.1) is 0 Å². The SMILES string of the molecule is O=C1CC(=O)N(c2ccc3n[nH]nc3c2)c2ccc3ccccc3c2N1. The first-order valence-electron chi connectivity index (χ1n) is 8.16. The van der Waals surface area contributed by atoms with E-state index in [1.165, 1.54) is 0 Å². The number of carbonyl (C=O) groups excluding carboxylic acids is 2. The highest BCUT2D eigenvalue weighted by molar-refractivity contribution is 6.21. The molecule has 7 nitrogen and oxygen atoms in total. The highest BCUT2D eigenvalue weighted by atomic mass is 16.2. The predicted octanol–water partition coefficient (Wildman–Crippen LogP) is 3.12. The number of rotatable bonds is 1. The monoisotopic (exact) mass is 343 g/mol. The summed E-state index contributed by atoms with van der Waals surface area (Å²) in [5.74, 6) is -0.614. The first-order valence-corrected chi connectivity index (χ1v) is 8.16. The molecular weight excluding hydrogens is 330 g/mol. The minimum absolute atomic E-state index is 0.222. The number of nitrogens with one attached hydrogen (secondary N) is 2. The van der Waals surface area contributed by atoms with E-state index in [0.29, 0.717) is 28.1 Å². The van der Waals surface area contributed by atoms with E-state index >= 15 is 0 Å². The fourth-order valence-corrected chi connectivity index (χ4v) is 3.36. The highest BCUT2D eigenvalue weighted by Crippen LogP contribution is 2.40. The van der Waals surface area contributed by atoms with E-state index in [2.05, 4.69) is 20.7 Å². The van der Waals surface area contributed by atoms with Crippen LogP contribution in [0.3, 0.4) is 0 Å². The van der Waals surface area contributed by atoms with Crippen LogP contribution in [-0.2, 0) is 9.59 Å². The molecule has 126 valence electrons. The fourth-order valence-electron chi connectivity index (χ4n) is 3.36. The Morgan fingerprint density at radius 2 is 1.77 bits per heavy atom. The van der Waals surface area contributed by atoms with Crippen LogP contribution in [0.2, 0.25) is 0 Å². The zero-order valence-corrected chi connectivity index (χ0v) is 13.6. The van der Waals surface area contributed by atoms with Crippen LogP contribution in [0.25, 0.3) is 21.8 Å². The molecule has 5 rings (SSSR count). The molecule has 26 heavy (non-hydrogen) atoms. The Kier molecular flexibility index (Phi) is 3.02. The van der Waals surface area contributed by atoms with E-state index in [9.17, 15) is 9.59 Å². The molecule has 1 aliphatic rings. The molecule has 4 aromatic rings. The zero-order valence-electron chi connectivity index (χ0n) is 13.6. The molecule has 2 N–H and O–H groups in total. The third-order valence-electron chi connectivity index (χ3n) is 4.53. The number of aromatic amines is 1. The van der Waals surface area contributed by atoms with E-state index in [-0.39, 0.29) is 18.2 Å². The van der Waals surface area contributed by atoms with Gasteiger partial charge in [-0.1, -0.05) is 30.3 Å². The van der Waals surface area contributed by atoms with Gasteiger partial charge in [0.15, 0.2) is 0 Å². The lowest BCUT2D eigenvalue weighted by Crippen LogP contribution is -2.26. The summed E-state index contributed by atoms with van der Waals surface area (Å²) < 4.78 is 0. The minimum Gasteiger partial charge on any atom is -0.323 e. The second-order valence-electron chi connectivity index (χ2n) is 6.13. The Morgan fingerprint density at radius 1 is 0.923 bits per heavy atom. The van der Waals surface area contributed by atoms with Crippen molar-refractivity contribution < 1.29 is 9.59 Å². The summed E-state index contributed by atoms with van der Waals surface area (Å²) in [6.07, 6.45) is -0.222. The van der Waals surface area contributed by atoms with Gasteiger partial charge in [0.25, 0.3) is 0 Å². The van der Waals surface area contributed by atoms with Crippen molar-refractivity contribution in [1.29, 1.82) is 0 Å². The third-order valence-corrected chi connectivity index (χ3v) is 4.53. The van der Waals surface area contributed by atoms with Gasteiger partial charge in [0.05, 0.1) is 17.1 Å². The van der Waals surface area contributed by atoms with Crippen LogP contribution in [0.5, 0.6) is 0 Å². The Morgan fingerprint density at radius 3 is 2.69 bits per heavy atom. The number of benzene rings is 3. The molecule has 0 aliphatic carbocycles. The average Bonchev–Trinajstić information content (AvgIpc) is 3.06. The number of carbonyl (C=O) groups is 2. The van der Waals surface area contributed by atoms with Gasteiger partial charge in [-0.2, -0.15) is 15.4 Å². The van der Waals surface area contributed by atoms with Gasteiger partial charge in [0.1, 0.15) is 17.5 Å². The second kappa shape index (κ2) is 5.38. The van der Waals surface area contributed by atoms with E-state index in [1.54, 1.807) is 23.1 Å². The lowest BCUT2D eigenvalue weighted by molar-refractivity contribution is -0.124. The molecule has 0 fully saturated rings. The molecule has 0 saturated heterocycles. The van der Waals surface area contributed by atoms with Crippen molar-refractivity contribution >= 4 is 50.7 Å². The number of amides is 2. The van der Waals surface area contributed by atoms with Gasteiger partial charge in [0, 0.05) is 5.39 Å². The largest absolute Gasteiger partial charge is 0.323 e. The molecule has 0 unspecified atom stereocenters. The van der Waals surface area contributed by atoms with Crippen LogP contribution in [0, 0.1) is 0 Å². The number of fused-ring (bicyclic) bond motifs is 4. The van der Waals surface area contributed by atoms with Crippen LogP contribution in [0.4, 0.5) is 17.1 Å². The standard InChI is InChI=1S/C19H13N5O2/c25-17-10-18(26)24(12-6-7-14-15(9-12)22-23-21-14)16-8-5-11-3-1-2-4-13(11)19(16)20-17/h1-9H,10H2,(H,20,25)(H,21,22,23). The van der Waals surface area contributed by atoms with Crippen LogP contribution in [0.15, 0.2) is 54.6 Å². The number of aromatic nitrogens is 3.